The van der Waals surface area contributed by atoms with Crippen LogP contribution in [0, 0.1) is 10.1 Å². The number of halogens is 3. The summed E-state index contributed by atoms with van der Waals surface area (Å²) in [6.45, 7) is 0.0933. The molecule has 0 radical (unpaired) electrons. The molecule has 2 rings (SSSR count). The Labute approximate surface area is 143 Å². The normalized spacial score (nSPS) is 10.4. The number of ether oxygens (including phenoxy) is 1. The number of rotatable bonds is 5. The molecule has 0 N–H and O–H groups in total. The van der Waals surface area contributed by atoms with Crippen molar-refractivity contribution in [1.29, 1.82) is 0 Å². The lowest BCUT2D eigenvalue weighted by Gasteiger charge is -2.12. The third-order valence-electron chi connectivity index (χ3n) is 2.81. The molecule has 0 aliphatic rings. The molecule has 110 valence electrons. The second-order valence-electron chi connectivity index (χ2n) is 4.18. The maximum atomic E-state index is 11.1. The number of nitrogens with zero attached hydrogens (tertiary/aromatic N) is 1. The monoisotopic (exact) mass is 433 g/mol. The van der Waals surface area contributed by atoms with E-state index in [9.17, 15) is 10.1 Å². The minimum atomic E-state index is -0.425. The number of alkyl halides is 1. The Hall–Kier alpha value is -1.11. The molecule has 2 aromatic rings. The average molecular weight is 435 g/mol. The summed E-state index contributed by atoms with van der Waals surface area (Å²) < 4.78 is 7.14. The average Bonchev–Trinajstić information content (AvgIpc) is 2.46. The van der Waals surface area contributed by atoms with Crippen molar-refractivity contribution in [3.05, 3.63) is 66.6 Å². The number of hydrogen-bond acceptors (Lipinski definition) is 3. The Morgan fingerprint density at radius 2 is 1.95 bits per heavy atom. The summed E-state index contributed by atoms with van der Waals surface area (Å²) in [5.41, 5.74) is 1.34. The molecule has 0 bridgehead atoms. The second kappa shape index (κ2) is 7.24. The Morgan fingerprint density at radius 1 is 1.19 bits per heavy atom. The number of nitro groups is 1. The van der Waals surface area contributed by atoms with Gasteiger partial charge in [-0.25, -0.2) is 0 Å². The first-order valence-corrected chi connectivity index (χ1v) is 8.04. The molecule has 2 aromatic carbocycles. The Morgan fingerprint density at radius 3 is 2.62 bits per heavy atom. The van der Waals surface area contributed by atoms with Gasteiger partial charge in [0.15, 0.2) is 0 Å². The van der Waals surface area contributed by atoms with Crippen LogP contribution in [0.25, 0.3) is 0 Å². The van der Waals surface area contributed by atoms with Crippen LogP contribution in [0.2, 0.25) is 0 Å². The largest absolute Gasteiger partial charge is 0.487 e. The third kappa shape index (κ3) is 3.96. The first-order chi connectivity index (χ1) is 10.0. The van der Waals surface area contributed by atoms with E-state index >= 15 is 0 Å². The molecule has 0 saturated carbocycles. The van der Waals surface area contributed by atoms with Crippen LogP contribution < -0.4 is 4.74 Å². The summed E-state index contributed by atoms with van der Waals surface area (Å²) >= 11 is 12.5. The van der Waals surface area contributed by atoms with E-state index in [1.165, 1.54) is 6.07 Å². The van der Waals surface area contributed by atoms with Crippen molar-refractivity contribution in [2.45, 2.75) is 12.5 Å². The van der Waals surface area contributed by atoms with Gasteiger partial charge in [-0.15, -0.1) is 11.6 Å². The molecular weight excluding hydrogens is 425 g/mol. The molecule has 0 aromatic heterocycles. The topological polar surface area (TPSA) is 52.4 Å². The van der Waals surface area contributed by atoms with Crippen LogP contribution >= 0.6 is 43.5 Å². The lowest BCUT2D eigenvalue weighted by molar-refractivity contribution is -0.385. The molecule has 0 spiro atoms. The first-order valence-electron chi connectivity index (χ1n) is 5.92. The van der Waals surface area contributed by atoms with Gasteiger partial charge < -0.3 is 4.74 Å². The minimum absolute atomic E-state index is 0.0175. The molecule has 0 amide bonds. The molecule has 0 atom stereocenters. The molecular formula is C14H10Br2ClNO3. The van der Waals surface area contributed by atoms with Gasteiger partial charge in [0.05, 0.1) is 20.8 Å². The smallest absolute Gasteiger partial charge is 0.277 e. The Kier molecular flexibility index (Phi) is 5.61. The van der Waals surface area contributed by atoms with Gasteiger partial charge in [0.2, 0.25) is 0 Å². The van der Waals surface area contributed by atoms with E-state index in [0.29, 0.717) is 21.7 Å². The number of para-hydroxylation sites is 1. The fraction of sp³-hybridized carbons (Fsp3) is 0.143. The van der Waals surface area contributed by atoms with Gasteiger partial charge in [-0.3, -0.25) is 10.1 Å². The molecule has 0 saturated heterocycles. The van der Waals surface area contributed by atoms with Crippen molar-refractivity contribution in [2.24, 2.45) is 0 Å². The van der Waals surface area contributed by atoms with Crippen molar-refractivity contribution in [2.75, 3.05) is 0 Å². The lowest BCUT2D eigenvalue weighted by Crippen LogP contribution is -2.02. The van der Waals surface area contributed by atoms with E-state index in [-0.39, 0.29) is 12.3 Å². The van der Waals surface area contributed by atoms with Crippen LogP contribution in [-0.4, -0.2) is 4.92 Å². The van der Waals surface area contributed by atoms with E-state index in [1.54, 1.807) is 12.1 Å². The van der Waals surface area contributed by atoms with Crippen LogP contribution in [-0.2, 0) is 12.5 Å². The maximum Gasteiger partial charge on any atom is 0.277 e. The van der Waals surface area contributed by atoms with Gasteiger partial charge in [-0.2, -0.15) is 0 Å². The number of hydrogen-bond donors (Lipinski definition) is 0. The standard InChI is InChI=1S/C14H10Br2ClNO3/c15-11-5-4-10(13(6-11)18(19)20)8-21-14-9(7-17)2-1-3-12(14)16/h1-6H,7-8H2. The van der Waals surface area contributed by atoms with Crippen LogP contribution in [0.5, 0.6) is 5.75 Å². The SMILES string of the molecule is O=[N+]([O-])c1cc(Br)ccc1COc1c(Br)cccc1CCl. The zero-order valence-electron chi connectivity index (χ0n) is 10.7. The van der Waals surface area contributed by atoms with E-state index < -0.39 is 4.92 Å². The fourth-order valence-electron chi connectivity index (χ4n) is 1.80. The van der Waals surface area contributed by atoms with Gasteiger partial charge >= 0.3 is 0 Å². The van der Waals surface area contributed by atoms with E-state index in [4.69, 9.17) is 16.3 Å². The highest BCUT2D eigenvalue weighted by molar-refractivity contribution is 9.10. The van der Waals surface area contributed by atoms with Crippen molar-refractivity contribution in [3.63, 3.8) is 0 Å². The van der Waals surface area contributed by atoms with Gasteiger partial charge in [0.1, 0.15) is 12.4 Å². The second-order valence-corrected chi connectivity index (χ2v) is 6.22. The molecule has 0 aliphatic carbocycles. The number of benzene rings is 2. The van der Waals surface area contributed by atoms with E-state index in [2.05, 4.69) is 31.9 Å². The molecule has 21 heavy (non-hydrogen) atoms. The summed E-state index contributed by atoms with van der Waals surface area (Å²) in [7, 11) is 0. The van der Waals surface area contributed by atoms with Gasteiger partial charge in [0.25, 0.3) is 5.69 Å². The lowest BCUT2D eigenvalue weighted by atomic mass is 10.2. The Bertz CT molecular complexity index is 679. The summed E-state index contributed by atoms with van der Waals surface area (Å²) in [6, 6.07) is 10.4. The zero-order valence-corrected chi connectivity index (χ0v) is 14.6. The van der Waals surface area contributed by atoms with Crippen LogP contribution in [0.1, 0.15) is 11.1 Å². The quantitative estimate of drug-likeness (QED) is 0.357. The van der Waals surface area contributed by atoms with E-state index in [0.717, 1.165) is 10.0 Å². The van der Waals surface area contributed by atoms with Crippen LogP contribution in [0.3, 0.4) is 0 Å². The highest BCUT2D eigenvalue weighted by Crippen LogP contribution is 2.32. The van der Waals surface area contributed by atoms with Gasteiger partial charge in [-0.05, 0) is 34.1 Å². The van der Waals surface area contributed by atoms with Crippen molar-refractivity contribution in [3.8, 4) is 5.75 Å². The molecule has 0 heterocycles. The minimum Gasteiger partial charge on any atom is -0.487 e. The zero-order chi connectivity index (χ0) is 15.4. The van der Waals surface area contributed by atoms with Crippen molar-refractivity contribution < 1.29 is 9.66 Å². The van der Waals surface area contributed by atoms with Gasteiger partial charge in [-0.1, -0.05) is 28.1 Å². The summed E-state index contributed by atoms with van der Waals surface area (Å²) in [4.78, 5) is 10.6. The molecule has 7 heteroatoms. The maximum absolute atomic E-state index is 11.1. The highest BCUT2D eigenvalue weighted by Gasteiger charge is 2.16. The van der Waals surface area contributed by atoms with Crippen molar-refractivity contribution in [1.82, 2.24) is 0 Å². The van der Waals surface area contributed by atoms with Gasteiger partial charge in [0, 0.05) is 16.1 Å². The van der Waals surface area contributed by atoms with Crippen LogP contribution in [0.4, 0.5) is 5.69 Å². The number of nitro benzene ring substituents is 1. The highest BCUT2D eigenvalue weighted by atomic mass is 79.9. The molecule has 4 nitrogen and oxygen atoms in total. The first kappa shape index (κ1) is 16.3. The van der Waals surface area contributed by atoms with Crippen LogP contribution in [0.15, 0.2) is 45.3 Å². The third-order valence-corrected chi connectivity index (χ3v) is 4.21. The van der Waals surface area contributed by atoms with E-state index in [1.807, 2.05) is 18.2 Å². The Balaban J connectivity index is 2.27. The predicted molar refractivity (Wildman–Crippen MR) is 88.8 cm³/mol. The summed E-state index contributed by atoms with van der Waals surface area (Å²) in [5, 5.41) is 11.1. The fourth-order valence-corrected chi connectivity index (χ4v) is 2.88. The van der Waals surface area contributed by atoms with Crippen molar-refractivity contribution >= 4 is 49.1 Å². The predicted octanol–water partition coefficient (Wildman–Crippen LogP) is 5.44. The summed E-state index contributed by atoms with van der Waals surface area (Å²) in [6.07, 6.45) is 0. The molecule has 0 aliphatic heterocycles. The summed E-state index contributed by atoms with van der Waals surface area (Å²) in [5.74, 6) is 0.904. The molecule has 0 fully saturated rings. The molecule has 0 unspecified atom stereocenters.